The second-order valence-corrected chi connectivity index (χ2v) is 3.99. The molecular formula is C11H24N4. The van der Waals surface area contributed by atoms with Gasteiger partial charge in [0, 0.05) is 31.2 Å². The lowest BCUT2D eigenvalue weighted by atomic mass is 10.5. The van der Waals surface area contributed by atoms with Crippen LogP contribution in [0.5, 0.6) is 0 Å². The molecule has 0 saturated heterocycles. The highest BCUT2D eigenvalue weighted by molar-refractivity contribution is 5.82. The van der Waals surface area contributed by atoms with Crippen LogP contribution in [0.2, 0.25) is 0 Å². The van der Waals surface area contributed by atoms with E-state index in [1.165, 1.54) is 0 Å². The fourth-order valence-electron chi connectivity index (χ4n) is 0.600. The highest BCUT2D eigenvalue weighted by atomic mass is 15.4. The molecule has 15 heavy (non-hydrogen) atoms. The zero-order chi connectivity index (χ0) is 12.4. The van der Waals surface area contributed by atoms with Gasteiger partial charge in [0.25, 0.3) is 0 Å². The van der Waals surface area contributed by atoms with Crippen LogP contribution in [0.4, 0.5) is 0 Å². The van der Waals surface area contributed by atoms with Gasteiger partial charge in [0.2, 0.25) is 0 Å². The van der Waals surface area contributed by atoms with Gasteiger partial charge < -0.3 is 5.01 Å². The van der Waals surface area contributed by atoms with Gasteiger partial charge in [0.1, 0.15) is 0 Å². The van der Waals surface area contributed by atoms with Crippen molar-refractivity contribution in [2.45, 2.75) is 41.5 Å². The summed E-state index contributed by atoms with van der Waals surface area (Å²) in [5, 5.41) is 13.5. The SMILES string of the molecule is CC(C)=NN(C)C.CC(C)=NN=C(C)C. The fraction of sp³-hybridized carbons (Fsp3) is 0.727. The Labute approximate surface area is 93.8 Å². The number of hydrogen-bond donors (Lipinski definition) is 0. The van der Waals surface area contributed by atoms with Crippen LogP contribution >= 0.6 is 0 Å². The quantitative estimate of drug-likeness (QED) is 0.512. The normalized spacial score (nSPS) is 8.00. The van der Waals surface area contributed by atoms with E-state index in [1.807, 2.05) is 55.6 Å². The first-order valence-corrected chi connectivity index (χ1v) is 4.97. The molecule has 0 unspecified atom stereocenters. The lowest BCUT2D eigenvalue weighted by molar-refractivity contribution is 0.437. The Morgan fingerprint density at radius 3 is 1.07 bits per heavy atom. The molecule has 0 rings (SSSR count). The van der Waals surface area contributed by atoms with E-state index in [9.17, 15) is 0 Å². The summed E-state index contributed by atoms with van der Waals surface area (Å²) in [4.78, 5) is 0. The van der Waals surface area contributed by atoms with Gasteiger partial charge in [-0.2, -0.15) is 15.3 Å². The van der Waals surface area contributed by atoms with Crippen molar-refractivity contribution in [2.24, 2.45) is 15.3 Å². The van der Waals surface area contributed by atoms with E-state index in [0.717, 1.165) is 17.1 Å². The fourth-order valence-corrected chi connectivity index (χ4v) is 0.600. The summed E-state index contributed by atoms with van der Waals surface area (Å²) in [6, 6.07) is 0. The van der Waals surface area contributed by atoms with Gasteiger partial charge in [-0.3, -0.25) is 0 Å². The van der Waals surface area contributed by atoms with Crippen LogP contribution in [-0.4, -0.2) is 36.2 Å². The second-order valence-electron chi connectivity index (χ2n) is 3.99. The molecule has 0 aliphatic carbocycles. The smallest absolute Gasteiger partial charge is 0.0344 e. The first-order chi connectivity index (χ1) is 6.75. The second kappa shape index (κ2) is 9.37. The molecule has 0 radical (unpaired) electrons. The zero-order valence-corrected chi connectivity index (χ0v) is 11.3. The van der Waals surface area contributed by atoms with Crippen molar-refractivity contribution in [3.05, 3.63) is 0 Å². The number of hydrazone groups is 1. The van der Waals surface area contributed by atoms with E-state index in [0.29, 0.717) is 0 Å². The molecule has 0 amide bonds. The zero-order valence-electron chi connectivity index (χ0n) is 11.3. The Kier molecular flexibility index (Phi) is 10.1. The molecule has 0 N–H and O–H groups in total. The highest BCUT2D eigenvalue weighted by Gasteiger charge is 1.76. The molecule has 0 aromatic rings. The summed E-state index contributed by atoms with van der Waals surface area (Å²) >= 11 is 0. The summed E-state index contributed by atoms with van der Waals surface area (Å²) in [6.07, 6.45) is 0. The summed E-state index contributed by atoms with van der Waals surface area (Å²) in [7, 11) is 3.82. The van der Waals surface area contributed by atoms with Gasteiger partial charge >= 0.3 is 0 Å². The molecule has 0 aromatic carbocycles. The Morgan fingerprint density at radius 1 is 0.667 bits per heavy atom. The average molecular weight is 212 g/mol. The summed E-state index contributed by atoms with van der Waals surface area (Å²) in [6.45, 7) is 11.6. The van der Waals surface area contributed by atoms with Gasteiger partial charge in [0.05, 0.1) is 0 Å². The van der Waals surface area contributed by atoms with Crippen molar-refractivity contribution in [1.29, 1.82) is 0 Å². The highest BCUT2D eigenvalue weighted by Crippen LogP contribution is 1.79. The molecular weight excluding hydrogens is 188 g/mol. The predicted octanol–water partition coefficient (Wildman–Crippen LogP) is 2.81. The number of nitrogens with zero attached hydrogens (tertiary/aromatic N) is 4. The molecule has 0 aliphatic heterocycles. The van der Waals surface area contributed by atoms with Gasteiger partial charge in [0.15, 0.2) is 0 Å². The van der Waals surface area contributed by atoms with Crippen LogP contribution in [-0.2, 0) is 0 Å². The molecule has 0 bridgehead atoms. The lowest BCUT2D eigenvalue weighted by Gasteiger charge is -2.02. The molecule has 0 heterocycles. The minimum absolute atomic E-state index is 0.992. The monoisotopic (exact) mass is 212 g/mol. The van der Waals surface area contributed by atoms with Crippen LogP contribution < -0.4 is 0 Å². The Bertz CT molecular complexity index is 221. The third-order valence-electron chi connectivity index (χ3n) is 0.850. The summed E-state index contributed by atoms with van der Waals surface area (Å²) in [5.41, 5.74) is 3.07. The van der Waals surface area contributed by atoms with Crippen LogP contribution in [0.25, 0.3) is 0 Å². The molecule has 0 atom stereocenters. The molecule has 0 fully saturated rings. The van der Waals surface area contributed by atoms with Crippen molar-refractivity contribution in [3.8, 4) is 0 Å². The average Bonchev–Trinajstić information content (AvgIpc) is 1.99. The molecule has 0 spiro atoms. The minimum atomic E-state index is 0.992. The largest absolute Gasteiger partial charge is 0.303 e. The Hall–Kier alpha value is -1.19. The summed E-state index contributed by atoms with van der Waals surface area (Å²) in [5.74, 6) is 0. The van der Waals surface area contributed by atoms with Gasteiger partial charge in [-0.1, -0.05) is 0 Å². The molecule has 88 valence electrons. The van der Waals surface area contributed by atoms with Gasteiger partial charge in [-0.15, -0.1) is 0 Å². The molecule has 0 saturated carbocycles. The molecule has 0 aliphatic rings. The topological polar surface area (TPSA) is 40.3 Å². The van der Waals surface area contributed by atoms with E-state index in [2.05, 4.69) is 15.3 Å². The van der Waals surface area contributed by atoms with Crippen LogP contribution in [0.1, 0.15) is 41.5 Å². The van der Waals surface area contributed by atoms with E-state index >= 15 is 0 Å². The third-order valence-corrected chi connectivity index (χ3v) is 0.850. The molecule has 0 aromatic heterocycles. The van der Waals surface area contributed by atoms with Crippen molar-refractivity contribution in [2.75, 3.05) is 14.1 Å². The minimum Gasteiger partial charge on any atom is -0.303 e. The molecule has 4 nitrogen and oxygen atoms in total. The first-order valence-electron chi connectivity index (χ1n) is 4.97. The predicted molar refractivity (Wildman–Crippen MR) is 70.0 cm³/mol. The standard InChI is InChI=1S/C6H12N2.C5H12N2/c1-5(2)7-8-6(3)4;1-5(2)6-7(3)4/h1-4H3;1-4H3. The first kappa shape index (κ1) is 16.2. The van der Waals surface area contributed by atoms with Gasteiger partial charge in [-0.05, 0) is 41.5 Å². The number of rotatable bonds is 2. The van der Waals surface area contributed by atoms with Gasteiger partial charge in [-0.25, -0.2) is 0 Å². The summed E-state index contributed by atoms with van der Waals surface area (Å²) < 4.78 is 0. The van der Waals surface area contributed by atoms with Crippen LogP contribution in [0.15, 0.2) is 15.3 Å². The maximum Gasteiger partial charge on any atom is 0.0344 e. The van der Waals surface area contributed by atoms with Crippen LogP contribution in [0, 0.1) is 0 Å². The van der Waals surface area contributed by atoms with E-state index < -0.39 is 0 Å². The van der Waals surface area contributed by atoms with E-state index in [4.69, 9.17) is 0 Å². The number of hydrogen-bond acceptors (Lipinski definition) is 4. The van der Waals surface area contributed by atoms with Crippen molar-refractivity contribution in [3.63, 3.8) is 0 Å². The van der Waals surface area contributed by atoms with E-state index in [1.54, 1.807) is 5.01 Å². The lowest BCUT2D eigenvalue weighted by Crippen LogP contribution is -2.03. The van der Waals surface area contributed by atoms with Crippen molar-refractivity contribution in [1.82, 2.24) is 5.01 Å². The third kappa shape index (κ3) is 24.5. The maximum absolute atomic E-state index is 4.03. The molecule has 4 heteroatoms. The van der Waals surface area contributed by atoms with E-state index in [-0.39, 0.29) is 0 Å². The van der Waals surface area contributed by atoms with Crippen molar-refractivity contribution < 1.29 is 0 Å². The maximum atomic E-state index is 4.03. The van der Waals surface area contributed by atoms with Crippen molar-refractivity contribution >= 4 is 17.1 Å². The Morgan fingerprint density at radius 2 is 1.00 bits per heavy atom. The Balaban J connectivity index is 0. The van der Waals surface area contributed by atoms with Crippen LogP contribution in [0.3, 0.4) is 0 Å².